The minimum Gasteiger partial charge on any atom is -0.496 e. The molecule has 0 bridgehead atoms. The molecule has 0 spiro atoms. The third-order valence-electron chi connectivity index (χ3n) is 3.59. The Kier molecular flexibility index (Phi) is 6.69. The Morgan fingerprint density at radius 1 is 0.920 bits per heavy atom. The number of methoxy groups -OCH3 is 3. The van der Waals surface area contributed by atoms with E-state index in [-0.39, 0.29) is 11.4 Å². The Morgan fingerprint density at radius 3 is 2.16 bits per heavy atom. The molecule has 0 aliphatic carbocycles. The molecule has 2 rings (SSSR count). The third-order valence-corrected chi connectivity index (χ3v) is 5.67. The number of rotatable bonds is 8. The maximum Gasteiger partial charge on any atom is 0.240 e. The van der Waals surface area contributed by atoms with Crippen molar-refractivity contribution >= 4 is 26.0 Å². The van der Waals surface area contributed by atoms with Gasteiger partial charge in [-0.2, -0.15) is 0 Å². The number of halogens is 1. The Morgan fingerprint density at radius 2 is 1.56 bits per heavy atom. The second-order valence-corrected chi connectivity index (χ2v) is 7.75. The van der Waals surface area contributed by atoms with Gasteiger partial charge < -0.3 is 14.2 Å². The van der Waals surface area contributed by atoms with Crippen LogP contribution in [0, 0.1) is 0 Å². The van der Waals surface area contributed by atoms with Gasteiger partial charge in [0.05, 0.1) is 30.7 Å². The van der Waals surface area contributed by atoms with Crippen LogP contribution in [0.2, 0.25) is 0 Å². The van der Waals surface area contributed by atoms with E-state index in [9.17, 15) is 8.42 Å². The van der Waals surface area contributed by atoms with Crippen LogP contribution in [0.3, 0.4) is 0 Å². The van der Waals surface area contributed by atoms with Crippen LogP contribution in [0.25, 0.3) is 0 Å². The van der Waals surface area contributed by atoms with Crippen LogP contribution in [0.5, 0.6) is 17.2 Å². The highest BCUT2D eigenvalue weighted by molar-refractivity contribution is 9.10. The number of hydrogen-bond acceptors (Lipinski definition) is 5. The number of nitrogens with one attached hydrogen (secondary N) is 1. The van der Waals surface area contributed by atoms with E-state index in [2.05, 4.69) is 20.7 Å². The third kappa shape index (κ3) is 4.87. The van der Waals surface area contributed by atoms with Gasteiger partial charge in [-0.05, 0) is 58.2 Å². The number of benzene rings is 2. The fourth-order valence-electron chi connectivity index (χ4n) is 2.26. The van der Waals surface area contributed by atoms with Gasteiger partial charge in [-0.15, -0.1) is 0 Å². The quantitative estimate of drug-likeness (QED) is 0.697. The molecule has 25 heavy (non-hydrogen) atoms. The average Bonchev–Trinajstić information content (AvgIpc) is 2.61. The molecule has 0 saturated heterocycles. The van der Waals surface area contributed by atoms with Crippen molar-refractivity contribution in [3.63, 3.8) is 0 Å². The molecular formula is C17H20BrNO5S. The second kappa shape index (κ2) is 8.55. The zero-order valence-corrected chi connectivity index (χ0v) is 16.6. The van der Waals surface area contributed by atoms with Gasteiger partial charge in [-0.1, -0.05) is 6.07 Å². The van der Waals surface area contributed by atoms with E-state index in [1.807, 2.05) is 12.1 Å². The fraction of sp³-hybridized carbons (Fsp3) is 0.294. The minimum atomic E-state index is -3.60. The molecule has 0 aliphatic heterocycles. The van der Waals surface area contributed by atoms with Crippen molar-refractivity contribution in [3.05, 3.63) is 46.4 Å². The Hall–Kier alpha value is -1.77. The zero-order valence-electron chi connectivity index (χ0n) is 14.2. The van der Waals surface area contributed by atoms with Crippen molar-refractivity contribution in [2.24, 2.45) is 0 Å². The highest BCUT2D eigenvalue weighted by Gasteiger charge is 2.15. The van der Waals surface area contributed by atoms with Crippen LogP contribution in [0.15, 0.2) is 45.8 Å². The first kappa shape index (κ1) is 19.6. The summed E-state index contributed by atoms with van der Waals surface area (Å²) in [7, 11) is 1.06. The van der Waals surface area contributed by atoms with Crippen LogP contribution in [0.4, 0.5) is 0 Å². The first-order valence-electron chi connectivity index (χ1n) is 7.45. The summed E-state index contributed by atoms with van der Waals surface area (Å²) >= 11 is 3.29. The summed E-state index contributed by atoms with van der Waals surface area (Å²) in [6.45, 7) is 0.265. The zero-order chi connectivity index (χ0) is 18.4. The van der Waals surface area contributed by atoms with Gasteiger partial charge in [0.25, 0.3) is 0 Å². The highest BCUT2D eigenvalue weighted by atomic mass is 79.9. The SMILES string of the molecule is COc1ccc(S(=O)(=O)NCCc2ccc(OC)c(OC)c2)cc1Br. The molecule has 2 aromatic rings. The van der Waals surface area contributed by atoms with Gasteiger partial charge in [0.1, 0.15) is 5.75 Å². The molecule has 136 valence electrons. The van der Waals surface area contributed by atoms with Crippen molar-refractivity contribution in [3.8, 4) is 17.2 Å². The molecule has 0 saturated carbocycles. The molecule has 0 heterocycles. The first-order valence-corrected chi connectivity index (χ1v) is 9.73. The topological polar surface area (TPSA) is 73.9 Å². The molecule has 0 amide bonds. The van der Waals surface area contributed by atoms with E-state index in [0.29, 0.717) is 28.1 Å². The summed E-state index contributed by atoms with van der Waals surface area (Å²) in [6.07, 6.45) is 0.525. The monoisotopic (exact) mass is 429 g/mol. The Labute approximate surface area is 156 Å². The van der Waals surface area contributed by atoms with Crippen LogP contribution in [0.1, 0.15) is 5.56 Å². The summed E-state index contributed by atoms with van der Waals surface area (Å²) in [5, 5.41) is 0. The first-order chi connectivity index (χ1) is 11.9. The molecular weight excluding hydrogens is 410 g/mol. The number of ether oxygens (including phenoxy) is 3. The number of sulfonamides is 1. The molecule has 8 heteroatoms. The van der Waals surface area contributed by atoms with Gasteiger partial charge in [-0.25, -0.2) is 13.1 Å². The summed E-state index contributed by atoms with van der Waals surface area (Å²) in [5.41, 5.74) is 0.941. The van der Waals surface area contributed by atoms with E-state index in [0.717, 1.165) is 5.56 Å². The number of hydrogen-bond donors (Lipinski definition) is 1. The molecule has 6 nitrogen and oxygen atoms in total. The van der Waals surface area contributed by atoms with E-state index < -0.39 is 10.0 Å². The standard InChI is InChI=1S/C17H20BrNO5S/c1-22-15-7-5-13(11-14(15)18)25(20,21)19-9-8-12-4-6-16(23-2)17(10-12)24-3/h4-7,10-11,19H,8-9H2,1-3H3. The van der Waals surface area contributed by atoms with E-state index >= 15 is 0 Å². The average molecular weight is 430 g/mol. The van der Waals surface area contributed by atoms with Gasteiger partial charge in [-0.3, -0.25) is 0 Å². The van der Waals surface area contributed by atoms with Gasteiger partial charge in [0.2, 0.25) is 10.0 Å². The van der Waals surface area contributed by atoms with Crippen LogP contribution < -0.4 is 18.9 Å². The lowest BCUT2D eigenvalue weighted by Gasteiger charge is -2.11. The van der Waals surface area contributed by atoms with Gasteiger partial charge >= 0.3 is 0 Å². The molecule has 0 atom stereocenters. The van der Waals surface area contributed by atoms with E-state index in [1.165, 1.54) is 19.2 Å². The van der Waals surface area contributed by atoms with Crippen LogP contribution >= 0.6 is 15.9 Å². The highest BCUT2D eigenvalue weighted by Crippen LogP contribution is 2.28. The predicted octanol–water partition coefficient (Wildman–Crippen LogP) is 3.00. The largest absolute Gasteiger partial charge is 0.496 e. The molecule has 2 aromatic carbocycles. The predicted molar refractivity (Wildman–Crippen MR) is 99.1 cm³/mol. The molecule has 0 fully saturated rings. The van der Waals surface area contributed by atoms with Crippen molar-refractivity contribution in [2.45, 2.75) is 11.3 Å². The maximum absolute atomic E-state index is 12.4. The lowest BCUT2D eigenvalue weighted by Crippen LogP contribution is -2.26. The van der Waals surface area contributed by atoms with Crippen LogP contribution in [-0.4, -0.2) is 36.3 Å². The molecule has 0 unspecified atom stereocenters. The van der Waals surface area contributed by atoms with E-state index in [1.54, 1.807) is 26.4 Å². The summed E-state index contributed by atoms with van der Waals surface area (Å²) in [6, 6.07) is 10.1. The smallest absolute Gasteiger partial charge is 0.240 e. The summed E-state index contributed by atoms with van der Waals surface area (Å²) in [5.74, 6) is 1.82. The second-order valence-electron chi connectivity index (χ2n) is 5.13. The minimum absolute atomic E-state index is 0.174. The fourth-order valence-corrected chi connectivity index (χ4v) is 4.01. The van der Waals surface area contributed by atoms with E-state index in [4.69, 9.17) is 14.2 Å². The molecule has 0 radical (unpaired) electrons. The maximum atomic E-state index is 12.4. The molecule has 0 aromatic heterocycles. The van der Waals surface area contributed by atoms with Gasteiger partial charge in [0, 0.05) is 6.54 Å². The normalized spacial score (nSPS) is 11.2. The van der Waals surface area contributed by atoms with Crippen molar-refractivity contribution in [2.75, 3.05) is 27.9 Å². The van der Waals surface area contributed by atoms with Crippen molar-refractivity contribution < 1.29 is 22.6 Å². The summed E-state index contributed by atoms with van der Waals surface area (Å²) < 4.78 is 43.5. The summed E-state index contributed by atoms with van der Waals surface area (Å²) in [4.78, 5) is 0.174. The lowest BCUT2D eigenvalue weighted by atomic mass is 10.1. The van der Waals surface area contributed by atoms with Gasteiger partial charge in [0.15, 0.2) is 11.5 Å². The van der Waals surface area contributed by atoms with Crippen molar-refractivity contribution in [1.82, 2.24) is 4.72 Å². The lowest BCUT2D eigenvalue weighted by molar-refractivity contribution is 0.354. The Balaban J connectivity index is 2.04. The Bertz CT molecular complexity index is 839. The van der Waals surface area contributed by atoms with Crippen LogP contribution in [-0.2, 0) is 16.4 Å². The van der Waals surface area contributed by atoms with Crippen molar-refractivity contribution in [1.29, 1.82) is 0 Å². The molecule has 0 aliphatic rings. The molecule has 1 N–H and O–H groups in total.